The molecule has 1 N–H and O–H groups in total. The fourth-order valence-corrected chi connectivity index (χ4v) is 2.44. The fraction of sp³-hybridized carbons (Fsp3) is 0. The van der Waals surface area contributed by atoms with Crippen molar-refractivity contribution >= 4 is 21.8 Å². The van der Waals surface area contributed by atoms with Crippen LogP contribution in [0.2, 0.25) is 0 Å². The van der Waals surface area contributed by atoms with Gasteiger partial charge in [0.1, 0.15) is 11.2 Å². The van der Waals surface area contributed by atoms with E-state index >= 15 is 0 Å². The summed E-state index contributed by atoms with van der Waals surface area (Å²) >= 11 is 0. The van der Waals surface area contributed by atoms with Crippen LogP contribution < -0.4 is 0 Å². The fourth-order valence-electron chi connectivity index (χ4n) is 2.44. The number of aromatic amines is 1. The summed E-state index contributed by atoms with van der Waals surface area (Å²) in [5.41, 5.74) is 1.04. The average Bonchev–Trinajstić information content (AvgIpc) is 2.95. The van der Waals surface area contributed by atoms with Crippen molar-refractivity contribution in [3.8, 4) is 11.5 Å². The topological polar surface area (TPSA) is 41.6 Å². The number of hydrogen-bond donors (Lipinski definition) is 1. The molecule has 21 heavy (non-hydrogen) atoms. The Kier molecular flexibility index (Phi) is 2.47. The Bertz CT molecular complexity index is 971. The highest BCUT2D eigenvalue weighted by Gasteiger charge is 2.14. The molecule has 2 aromatic heterocycles. The second-order valence-corrected chi connectivity index (χ2v) is 4.72. The highest BCUT2D eigenvalue weighted by molar-refractivity contribution is 5.94. The molecule has 102 valence electrons. The van der Waals surface area contributed by atoms with Crippen LogP contribution in [0.3, 0.4) is 0 Å². The van der Waals surface area contributed by atoms with Gasteiger partial charge in [-0.3, -0.25) is 4.98 Å². The van der Waals surface area contributed by atoms with Gasteiger partial charge in [0.05, 0.1) is 5.52 Å². The lowest BCUT2D eigenvalue weighted by Gasteiger charge is -2.01. The van der Waals surface area contributed by atoms with Gasteiger partial charge in [0, 0.05) is 11.6 Å². The van der Waals surface area contributed by atoms with E-state index in [1.54, 1.807) is 6.20 Å². The van der Waals surface area contributed by atoms with E-state index in [9.17, 15) is 8.78 Å². The number of nitrogens with zero attached hydrogens (tertiary/aromatic N) is 2. The summed E-state index contributed by atoms with van der Waals surface area (Å²) in [6, 6.07) is 12.1. The van der Waals surface area contributed by atoms with Gasteiger partial charge in [0.2, 0.25) is 0 Å². The van der Waals surface area contributed by atoms with Crippen LogP contribution >= 0.6 is 0 Å². The molecular formula is C16H9F2N3. The van der Waals surface area contributed by atoms with Crippen LogP contribution in [0.4, 0.5) is 8.78 Å². The first kappa shape index (κ1) is 12.0. The van der Waals surface area contributed by atoms with Crippen molar-refractivity contribution in [1.29, 1.82) is 0 Å². The van der Waals surface area contributed by atoms with E-state index < -0.39 is 11.6 Å². The van der Waals surface area contributed by atoms with Crippen LogP contribution in [-0.4, -0.2) is 15.0 Å². The van der Waals surface area contributed by atoms with Gasteiger partial charge in [-0.1, -0.05) is 24.3 Å². The maximum Gasteiger partial charge on any atom is 0.186 e. The van der Waals surface area contributed by atoms with Crippen molar-refractivity contribution in [2.75, 3.05) is 0 Å². The van der Waals surface area contributed by atoms with Crippen LogP contribution in [0, 0.1) is 11.6 Å². The molecule has 0 fully saturated rings. The molecule has 4 aromatic rings. The highest BCUT2D eigenvalue weighted by Crippen LogP contribution is 2.27. The summed E-state index contributed by atoms with van der Waals surface area (Å²) in [6.45, 7) is 0. The van der Waals surface area contributed by atoms with E-state index in [4.69, 9.17) is 0 Å². The maximum absolute atomic E-state index is 13.8. The van der Waals surface area contributed by atoms with Crippen LogP contribution in [-0.2, 0) is 0 Å². The Labute approximate surface area is 118 Å². The summed E-state index contributed by atoms with van der Waals surface area (Å²) < 4.78 is 27.0. The largest absolute Gasteiger partial charge is 0.337 e. The molecule has 2 heterocycles. The second kappa shape index (κ2) is 4.34. The number of halogens is 2. The molecule has 0 spiro atoms. The molecule has 0 radical (unpaired) electrons. The molecule has 0 bridgehead atoms. The zero-order valence-corrected chi connectivity index (χ0v) is 10.8. The molecule has 5 heteroatoms. The Morgan fingerprint density at radius 1 is 0.952 bits per heavy atom. The van der Waals surface area contributed by atoms with E-state index in [1.807, 2.05) is 30.3 Å². The molecule has 2 aromatic carbocycles. The quantitative estimate of drug-likeness (QED) is 0.571. The smallest absolute Gasteiger partial charge is 0.186 e. The molecule has 0 unspecified atom stereocenters. The van der Waals surface area contributed by atoms with Gasteiger partial charge in [-0.05, 0) is 23.6 Å². The first-order valence-electron chi connectivity index (χ1n) is 6.42. The van der Waals surface area contributed by atoms with Crippen LogP contribution in [0.15, 0.2) is 48.7 Å². The lowest BCUT2D eigenvalue weighted by Crippen LogP contribution is -1.87. The number of H-pyrrole nitrogens is 1. The van der Waals surface area contributed by atoms with Crippen LogP contribution in [0.25, 0.3) is 33.3 Å². The zero-order valence-electron chi connectivity index (χ0n) is 10.8. The number of imidazole rings is 1. The molecule has 4 rings (SSSR count). The Balaban J connectivity index is 2.03. The number of nitrogens with one attached hydrogen (secondary N) is 1. The van der Waals surface area contributed by atoms with Gasteiger partial charge in [0.15, 0.2) is 17.5 Å². The number of rotatable bonds is 1. The molecule has 3 nitrogen and oxygen atoms in total. The van der Waals surface area contributed by atoms with E-state index in [-0.39, 0.29) is 5.52 Å². The van der Waals surface area contributed by atoms with Crippen molar-refractivity contribution in [3.63, 3.8) is 0 Å². The van der Waals surface area contributed by atoms with Crippen molar-refractivity contribution in [2.45, 2.75) is 0 Å². The highest BCUT2D eigenvalue weighted by atomic mass is 19.2. The molecular weight excluding hydrogens is 272 g/mol. The lowest BCUT2D eigenvalue weighted by molar-refractivity contribution is 0.515. The zero-order chi connectivity index (χ0) is 14.4. The summed E-state index contributed by atoms with van der Waals surface area (Å²) in [5.74, 6) is -1.44. The third-order valence-corrected chi connectivity index (χ3v) is 3.44. The van der Waals surface area contributed by atoms with E-state index in [0.717, 1.165) is 16.8 Å². The SMILES string of the molecule is Fc1ccc2[nH]c(-c3nccc4ccccc34)nc2c1F. The van der Waals surface area contributed by atoms with Gasteiger partial charge in [-0.15, -0.1) is 0 Å². The first-order valence-corrected chi connectivity index (χ1v) is 6.42. The average molecular weight is 281 g/mol. The minimum atomic E-state index is -0.949. The standard InChI is InChI=1S/C16H9F2N3/c17-11-5-6-12-15(13(11)18)21-16(20-12)14-10-4-2-1-3-9(10)7-8-19-14/h1-8H,(H,20,21). The van der Waals surface area contributed by atoms with Gasteiger partial charge in [-0.25, -0.2) is 13.8 Å². The number of hydrogen-bond acceptors (Lipinski definition) is 2. The predicted octanol–water partition coefficient (Wildman–Crippen LogP) is 4.06. The Morgan fingerprint density at radius 3 is 2.71 bits per heavy atom. The van der Waals surface area contributed by atoms with Crippen LogP contribution in [0.1, 0.15) is 0 Å². The molecule has 0 aliphatic carbocycles. The van der Waals surface area contributed by atoms with E-state index in [0.29, 0.717) is 17.0 Å². The first-order chi connectivity index (χ1) is 10.2. The van der Waals surface area contributed by atoms with Gasteiger partial charge in [-0.2, -0.15) is 0 Å². The van der Waals surface area contributed by atoms with Gasteiger partial charge in [0.25, 0.3) is 0 Å². The monoisotopic (exact) mass is 281 g/mol. The van der Waals surface area contributed by atoms with Crippen molar-refractivity contribution in [3.05, 3.63) is 60.3 Å². The number of aromatic nitrogens is 3. The van der Waals surface area contributed by atoms with Crippen molar-refractivity contribution in [1.82, 2.24) is 15.0 Å². The number of fused-ring (bicyclic) bond motifs is 2. The third-order valence-electron chi connectivity index (χ3n) is 3.44. The lowest BCUT2D eigenvalue weighted by atomic mass is 10.1. The van der Waals surface area contributed by atoms with Crippen LogP contribution in [0.5, 0.6) is 0 Å². The van der Waals surface area contributed by atoms with Crippen molar-refractivity contribution in [2.24, 2.45) is 0 Å². The second-order valence-electron chi connectivity index (χ2n) is 4.72. The maximum atomic E-state index is 13.8. The third kappa shape index (κ3) is 1.78. The minimum absolute atomic E-state index is 0.0141. The number of benzene rings is 2. The van der Waals surface area contributed by atoms with Crippen molar-refractivity contribution < 1.29 is 8.78 Å². The molecule has 0 saturated heterocycles. The molecule has 0 aliphatic rings. The summed E-state index contributed by atoms with van der Waals surface area (Å²) in [5, 5.41) is 1.91. The normalized spacial score (nSPS) is 11.3. The predicted molar refractivity (Wildman–Crippen MR) is 76.7 cm³/mol. The Hall–Kier alpha value is -2.82. The minimum Gasteiger partial charge on any atom is -0.337 e. The Morgan fingerprint density at radius 2 is 1.81 bits per heavy atom. The van der Waals surface area contributed by atoms with E-state index in [1.165, 1.54) is 6.07 Å². The summed E-state index contributed by atoms with van der Waals surface area (Å²) in [6.07, 6.45) is 1.67. The number of pyridine rings is 1. The van der Waals surface area contributed by atoms with Gasteiger partial charge >= 0.3 is 0 Å². The molecule has 0 amide bonds. The van der Waals surface area contributed by atoms with E-state index in [2.05, 4.69) is 15.0 Å². The molecule has 0 saturated carbocycles. The summed E-state index contributed by atoms with van der Waals surface area (Å²) in [4.78, 5) is 11.5. The summed E-state index contributed by atoms with van der Waals surface area (Å²) in [7, 11) is 0. The molecule has 0 aliphatic heterocycles. The van der Waals surface area contributed by atoms with Gasteiger partial charge < -0.3 is 4.98 Å². The molecule has 0 atom stereocenters.